The lowest BCUT2D eigenvalue weighted by Crippen LogP contribution is -2.45. The first kappa shape index (κ1) is 16.7. The van der Waals surface area contributed by atoms with Gasteiger partial charge in [0.05, 0.1) is 18.6 Å². The number of amides is 1. The second-order valence-electron chi connectivity index (χ2n) is 5.28. The molecule has 1 saturated heterocycles. The second kappa shape index (κ2) is 7.58. The number of piperidine rings is 1. The van der Waals surface area contributed by atoms with E-state index in [1.54, 1.807) is 11.8 Å². The topological polar surface area (TPSA) is 46.6 Å². The summed E-state index contributed by atoms with van der Waals surface area (Å²) in [6, 6.07) is 3.66. The normalized spacial score (nSPS) is 18.1. The van der Waals surface area contributed by atoms with E-state index in [4.69, 9.17) is 16.3 Å². The van der Waals surface area contributed by atoms with Crippen LogP contribution in [0.3, 0.4) is 0 Å². The Balaban J connectivity index is 2.17. The van der Waals surface area contributed by atoms with Crippen LogP contribution in [0.4, 0.5) is 4.39 Å². The molecule has 120 valence electrons. The molecule has 1 fully saturated rings. The van der Waals surface area contributed by atoms with Gasteiger partial charge in [0.2, 0.25) is 0 Å². The van der Waals surface area contributed by atoms with Gasteiger partial charge in [-0.2, -0.15) is 0 Å². The highest BCUT2D eigenvalue weighted by Gasteiger charge is 2.30. The molecule has 6 heteroatoms. The number of hydrogen-bond donors (Lipinski definition) is 0. The summed E-state index contributed by atoms with van der Waals surface area (Å²) >= 11 is 5.85. The van der Waals surface area contributed by atoms with E-state index in [0.29, 0.717) is 24.6 Å². The van der Waals surface area contributed by atoms with Gasteiger partial charge in [0, 0.05) is 17.6 Å². The summed E-state index contributed by atoms with van der Waals surface area (Å²) in [6.45, 7) is 2.56. The Morgan fingerprint density at radius 3 is 2.91 bits per heavy atom. The summed E-state index contributed by atoms with van der Waals surface area (Å²) in [7, 11) is 0. The van der Waals surface area contributed by atoms with Crippen molar-refractivity contribution in [3.8, 4) is 0 Å². The fourth-order valence-electron chi connectivity index (χ4n) is 2.71. The lowest BCUT2D eigenvalue weighted by molar-refractivity contribution is -0.144. The van der Waals surface area contributed by atoms with E-state index < -0.39 is 11.7 Å². The van der Waals surface area contributed by atoms with Crippen LogP contribution in [0.25, 0.3) is 0 Å². The summed E-state index contributed by atoms with van der Waals surface area (Å²) in [5.41, 5.74) is -0.0525. The molecule has 0 spiro atoms. The third-order valence-corrected chi connectivity index (χ3v) is 3.99. The highest BCUT2D eigenvalue weighted by atomic mass is 35.5. The zero-order chi connectivity index (χ0) is 16.1. The number of nitrogens with zero attached hydrogens (tertiary/aromatic N) is 1. The first-order valence-electron chi connectivity index (χ1n) is 7.44. The number of esters is 1. The Hall–Kier alpha value is -1.62. The van der Waals surface area contributed by atoms with Crippen molar-refractivity contribution < 1.29 is 18.7 Å². The van der Waals surface area contributed by atoms with Gasteiger partial charge in [-0.25, -0.2) is 4.39 Å². The van der Waals surface area contributed by atoms with Crippen LogP contribution in [-0.4, -0.2) is 36.0 Å². The maximum absolute atomic E-state index is 13.9. The number of hydrogen-bond acceptors (Lipinski definition) is 3. The van der Waals surface area contributed by atoms with Crippen LogP contribution >= 0.6 is 11.6 Å². The van der Waals surface area contributed by atoms with E-state index in [0.717, 1.165) is 12.8 Å². The minimum atomic E-state index is -0.602. The molecule has 1 atom stereocenters. The van der Waals surface area contributed by atoms with Crippen LogP contribution in [0, 0.1) is 5.82 Å². The van der Waals surface area contributed by atoms with Crippen molar-refractivity contribution in [2.45, 2.75) is 38.6 Å². The molecule has 0 aliphatic carbocycles. The molecular formula is C16H19ClFNO3. The van der Waals surface area contributed by atoms with Gasteiger partial charge in [0.25, 0.3) is 5.91 Å². The predicted molar refractivity (Wildman–Crippen MR) is 81.3 cm³/mol. The van der Waals surface area contributed by atoms with Gasteiger partial charge in [-0.3, -0.25) is 9.59 Å². The molecule has 1 amide bonds. The number of ether oxygens (including phenoxy) is 1. The molecule has 0 radical (unpaired) electrons. The van der Waals surface area contributed by atoms with Gasteiger partial charge in [-0.1, -0.05) is 11.6 Å². The molecule has 22 heavy (non-hydrogen) atoms. The minimum Gasteiger partial charge on any atom is -0.466 e. The largest absolute Gasteiger partial charge is 0.466 e. The maximum atomic E-state index is 13.9. The van der Waals surface area contributed by atoms with Crippen LogP contribution in [0.2, 0.25) is 5.02 Å². The molecule has 1 unspecified atom stereocenters. The minimum absolute atomic E-state index is 0.0525. The van der Waals surface area contributed by atoms with Crippen LogP contribution in [0.15, 0.2) is 18.2 Å². The van der Waals surface area contributed by atoms with Gasteiger partial charge in [-0.05, 0) is 44.4 Å². The average molecular weight is 328 g/mol. The summed E-state index contributed by atoms with van der Waals surface area (Å²) in [5.74, 6) is -1.36. The molecule has 1 aromatic carbocycles. The predicted octanol–water partition coefficient (Wildman–Crippen LogP) is 3.43. The Labute approximate surface area is 134 Å². The Morgan fingerprint density at radius 2 is 2.18 bits per heavy atom. The number of halogens is 2. The summed E-state index contributed by atoms with van der Waals surface area (Å²) < 4.78 is 18.8. The number of carbonyl (C=O) groups is 2. The zero-order valence-electron chi connectivity index (χ0n) is 12.5. The van der Waals surface area contributed by atoms with Gasteiger partial charge < -0.3 is 9.64 Å². The standard InChI is InChI=1S/C16H19ClFNO3/c1-2-22-15(20)10-12-5-3-4-8-19(12)16(21)13-9-11(17)6-7-14(13)18/h6-7,9,12H,2-5,8,10H2,1H3. The number of benzene rings is 1. The fraction of sp³-hybridized carbons (Fsp3) is 0.500. The number of rotatable bonds is 4. The van der Waals surface area contributed by atoms with Crippen molar-refractivity contribution in [1.82, 2.24) is 4.90 Å². The smallest absolute Gasteiger partial charge is 0.307 e. The van der Waals surface area contributed by atoms with E-state index in [2.05, 4.69) is 0 Å². The van der Waals surface area contributed by atoms with Gasteiger partial charge in [0.1, 0.15) is 5.82 Å². The van der Waals surface area contributed by atoms with Crippen molar-refractivity contribution in [3.05, 3.63) is 34.6 Å². The third-order valence-electron chi connectivity index (χ3n) is 3.75. The first-order chi connectivity index (χ1) is 10.5. The van der Waals surface area contributed by atoms with E-state index in [9.17, 15) is 14.0 Å². The summed E-state index contributed by atoms with van der Waals surface area (Å²) in [5, 5.41) is 0.309. The zero-order valence-corrected chi connectivity index (χ0v) is 13.2. The molecule has 1 aromatic rings. The summed E-state index contributed by atoms with van der Waals surface area (Å²) in [4.78, 5) is 25.8. The van der Waals surface area contributed by atoms with Gasteiger partial charge >= 0.3 is 5.97 Å². The van der Waals surface area contributed by atoms with Gasteiger partial charge in [0.15, 0.2) is 0 Å². The highest BCUT2D eigenvalue weighted by Crippen LogP contribution is 2.24. The molecule has 1 aliphatic rings. The summed E-state index contributed by atoms with van der Waals surface area (Å²) in [6.07, 6.45) is 2.63. The van der Waals surface area contributed by atoms with Crippen molar-refractivity contribution in [1.29, 1.82) is 0 Å². The quantitative estimate of drug-likeness (QED) is 0.796. The van der Waals surface area contributed by atoms with E-state index in [1.807, 2.05) is 0 Å². The first-order valence-corrected chi connectivity index (χ1v) is 7.82. The molecule has 0 bridgehead atoms. The van der Waals surface area contributed by atoms with Crippen molar-refractivity contribution in [2.24, 2.45) is 0 Å². The van der Waals surface area contributed by atoms with E-state index in [1.165, 1.54) is 18.2 Å². The molecule has 0 aromatic heterocycles. The second-order valence-corrected chi connectivity index (χ2v) is 5.72. The monoisotopic (exact) mass is 327 g/mol. The van der Waals surface area contributed by atoms with Crippen LogP contribution < -0.4 is 0 Å². The Bertz CT molecular complexity index is 564. The van der Waals surface area contributed by atoms with E-state index in [-0.39, 0.29) is 24.0 Å². The molecule has 4 nitrogen and oxygen atoms in total. The van der Waals surface area contributed by atoms with Crippen molar-refractivity contribution in [3.63, 3.8) is 0 Å². The Morgan fingerprint density at radius 1 is 1.41 bits per heavy atom. The van der Waals surface area contributed by atoms with Crippen LogP contribution in [-0.2, 0) is 9.53 Å². The SMILES string of the molecule is CCOC(=O)CC1CCCCN1C(=O)c1cc(Cl)ccc1F. The van der Waals surface area contributed by atoms with Crippen molar-refractivity contribution >= 4 is 23.5 Å². The van der Waals surface area contributed by atoms with Crippen molar-refractivity contribution in [2.75, 3.05) is 13.2 Å². The molecule has 1 aliphatic heterocycles. The average Bonchev–Trinajstić information content (AvgIpc) is 2.50. The molecule has 0 N–H and O–H groups in total. The molecule has 1 heterocycles. The Kier molecular flexibility index (Phi) is 5.77. The molecule has 2 rings (SSSR count). The lowest BCUT2D eigenvalue weighted by atomic mass is 9.98. The maximum Gasteiger partial charge on any atom is 0.307 e. The number of likely N-dealkylation sites (tertiary alicyclic amines) is 1. The molecule has 0 saturated carbocycles. The van der Waals surface area contributed by atoms with Crippen LogP contribution in [0.5, 0.6) is 0 Å². The lowest BCUT2D eigenvalue weighted by Gasteiger charge is -2.35. The van der Waals surface area contributed by atoms with E-state index >= 15 is 0 Å². The number of carbonyl (C=O) groups excluding carboxylic acids is 2. The fourth-order valence-corrected chi connectivity index (χ4v) is 2.88. The van der Waals surface area contributed by atoms with Gasteiger partial charge in [-0.15, -0.1) is 0 Å². The highest BCUT2D eigenvalue weighted by molar-refractivity contribution is 6.31. The third kappa shape index (κ3) is 3.97. The molecular weight excluding hydrogens is 309 g/mol. The van der Waals surface area contributed by atoms with Crippen LogP contribution in [0.1, 0.15) is 43.0 Å².